The summed E-state index contributed by atoms with van der Waals surface area (Å²) in [5.41, 5.74) is 1.06. The van der Waals surface area contributed by atoms with Gasteiger partial charge in [-0.25, -0.2) is 0 Å². The van der Waals surface area contributed by atoms with Crippen LogP contribution in [0, 0.1) is 0 Å². The molecule has 26 heavy (non-hydrogen) atoms. The van der Waals surface area contributed by atoms with Crippen LogP contribution in [-0.4, -0.2) is 28.3 Å². The van der Waals surface area contributed by atoms with E-state index in [4.69, 9.17) is 13.9 Å². The molecule has 2 aromatic rings. The van der Waals surface area contributed by atoms with Crippen LogP contribution in [0.4, 0.5) is 0 Å². The average Bonchev–Trinajstić information content (AvgIpc) is 2.60. The minimum atomic E-state index is -2.06. The average molecular weight is 373 g/mol. The Bertz CT molecular complexity index is 777. The highest BCUT2D eigenvalue weighted by Gasteiger charge is 2.39. The van der Waals surface area contributed by atoms with Crippen LogP contribution in [-0.2, 0) is 0 Å². The lowest BCUT2D eigenvalue weighted by Crippen LogP contribution is -2.43. The Balaban J connectivity index is 2.50. The largest absolute Gasteiger partial charge is 0.541 e. The van der Waals surface area contributed by atoms with E-state index in [2.05, 4.69) is 33.9 Å². The Morgan fingerprint density at radius 1 is 0.885 bits per heavy atom. The van der Waals surface area contributed by atoms with Crippen LogP contribution in [0.2, 0.25) is 18.1 Å². The number of carbonyl (C=O) groups is 1. The normalized spacial score (nSPS) is 11.8. The third-order valence-corrected chi connectivity index (χ3v) is 9.28. The number of ketones is 1. The second-order valence-electron chi connectivity index (χ2n) is 7.76. The maximum absolute atomic E-state index is 12.9. The van der Waals surface area contributed by atoms with Gasteiger partial charge in [-0.1, -0.05) is 51.1 Å². The van der Waals surface area contributed by atoms with Gasteiger partial charge in [-0.3, -0.25) is 4.79 Å². The van der Waals surface area contributed by atoms with Gasteiger partial charge in [-0.15, -0.1) is 0 Å². The first-order valence-corrected chi connectivity index (χ1v) is 11.6. The molecule has 2 aromatic carbocycles. The van der Waals surface area contributed by atoms with Crippen molar-refractivity contribution in [1.82, 2.24) is 0 Å². The predicted molar refractivity (Wildman–Crippen MR) is 107 cm³/mol. The lowest BCUT2D eigenvalue weighted by atomic mass is 10.0. The van der Waals surface area contributed by atoms with Crippen molar-refractivity contribution in [3.63, 3.8) is 0 Å². The van der Waals surface area contributed by atoms with Crippen molar-refractivity contribution in [3.05, 3.63) is 53.6 Å². The zero-order valence-electron chi connectivity index (χ0n) is 16.7. The molecule has 140 valence electrons. The van der Waals surface area contributed by atoms with E-state index in [1.807, 2.05) is 18.2 Å². The maximum Gasteiger partial charge on any atom is 0.250 e. The molecule has 0 unspecified atom stereocenters. The van der Waals surface area contributed by atoms with Crippen LogP contribution in [0.1, 0.15) is 36.7 Å². The van der Waals surface area contributed by atoms with Gasteiger partial charge in [-0.2, -0.15) is 0 Å². The quantitative estimate of drug-likeness (QED) is 0.508. The van der Waals surface area contributed by atoms with E-state index in [9.17, 15) is 4.79 Å². The van der Waals surface area contributed by atoms with Crippen LogP contribution in [0.15, 0.2) is 42.5 Å². The molecule has 0 fully saturated rings. The molecular formula is C21H28O4Si. The highest BCUT2D eigenvalue weighted by molar-refractivity contribution is 6.74. The number of hydrogen-bond donors (Lipinski definition) is 0. The fraction of sp³-hybridized carbons (Fsp3) is 0.381. The highest BCUT2D eigenvalue weighted by atomic mass is 28.4. The lowest BCUT2D eigenvalue weighted by Gasteiger charge is -2.36. The molecule has 0 heterocycles. The molecule has 2 rings (SSSR count). The molecule has 0 N–H and O–H groups in total. The van der Waals surface area contributed by atoms with Gasteiger partial charge in [-0.05, 0) is 24.2 Å². The van der Waals surface area contributed by atoms with Gasteiger partial charge >= 0.3 is 0 Å². The Hall–Kier alpha value is -2.27. The molecular weight excluding hydrogens is 344 g/mol. The fourth-order valence-corrected chi connectivity index (χ4v) is 3.32. The summed E-state index contributed by atoms with van der Waals surface area (Å²) in [5, 5.41) is 0.0454. The number of ether oxygens (including phenoxy) is 2. The predicted octanol–water partition coefficient (Wildman–Crippen LogP) is 5.32. The van der Waals surface area contributed by atoms with E-state index in [0.717, 1.165) is 0 Å². The van der Waals surface area contributed by atoms with Gasteiger partial charge in [0.25, 0.3) is 8.32 Å². The first-order valence-electron chi connectivity index (χ1n) is 8.65. The summed E-state index contributed by atoms with van der Waals surface area (Å²) >= 11 is 0. The van der Waals surface area contributed by atoms with E-state index in [1.165, 1.54) is 0 Å². The molecule has 0 aliphatic rings. The van der Waals surface area contributed by atoms with Gasteiger partial charge in [0.15, 0.2) is 11.5 Å². The van der Waals surface area contributed by atoms with Crippen LogP contribution in [0.25, 0.3) is 0 Å². The van der Waals surface area contributed by atoms with Crippen molar-refractivity contribution in [3.8, 4) is 17.2 Å². The van der Waals surface area contributed by atoms with Crippen LogP contribution >= 0.6 is 0 Å². The third-order valence-electron chi connectivity index (χ3n) is 4.94. The molecule has 0 bridgehead atoms. The van der Waals surface area contributed by atoms with Gasteiger partial charge in [0.1, 0.15) is 11.5 Å². The minimum absolute atomic E-state index is 0.0454. The lowest BCUT2D eigenvalue weighted by molar-refractivity contribution is 0.103. The zero-order chi connectivity index (χ0) is 19.5. The summed E-state index contributed by atoms with van der Waals surface area (Å²) in [7, 11) is 1.08. The van der Waals surface area contributed by atoms with Crippen molar-refractivity contribution < 1.29 is 18.7 Å². The number of hydrogen-bond acceptors (Lipinski definition) is 4. The van der Waals surface area contributed by atoms with E-state index in [-0.39, 0.29) is 10.8 Å². The second kappa shape index (κ2) is 7.54. The number of rotatable bonds is 6. The van der Waals surface area contributed by atoms with Gasteiger partial charge in [0.05, 0.1) is 19.8 Å². The summed E-state index contributed by atoms with van der Waals surface area (Å²) in [5.74, 6) is 1.52. The van der Waals surface area contributed by atoms with Crippen LogP contribution in [0.3, 0.4) is 0 Å². The van der Waals surface area contributed by atoms with E-state index in [0.29, 0.717) is 28.4 Å². The van der Waals surface area contributed by atoms with Crippen molar-refractivity contribution >= 4 is 14.1 Å². The topological polar surface area (TPSA) is 44.8 Å². The van der Waals surface area contributed by atoms with E-state index in [1.54, 1.807) is 38.5 Å². The van der Waals surface area contributed by atoms with Crippen molar-refractivity contribution in [2.75, 3.05) is 14.2 Å². The minimum Gasteiger partial charge on any atom is -0.541 e. The molecule has 0 aliphatic heterocycles. The summed E-state index contributed by atoms with van der Waals surface area (Å²) in [4.78, 5) is 12.9. The molecule has 0 atom stereocenters. The summed E-state index contributed by atoms with van der Waals surface area (Å²) in [6, 6.07) is 12.6. The molecule has 0 radical (unpaired) electrons. The van der Waals surface area contributed by atoms with Crippen molar-refractivity contribution in [2.24, 2.45) is 0 Å². The second-order valence-corrected chi connectivity index (χ2v) is 12.5. The van der Waals surface area contributed by atoms with Gasteiger partial charge in [0.2, 0.25) is 0 Å². The standard InChI is InChI=1S/C21H28O4Si/c1-21(2,3)26(6,7)25-19-14-17(23-4)16(13-18(19)24-5)20(22)15-11-9-8-10-12-15/h8-14H,1-7H3. The Labute approximate surface area is 157 Å². The molecule has 0 aliphatic carbocycles. The maximum atomic E-state index is 12.9. The van der Waals surface area contributed by atoms with E-state index < -0.39 is 8.32 Å². The molecule has 5 heteroatoms. The van der Waals surface area contributed by atoms with Crippen molar-refractivity contribution in [1.29, 1.82) is 0 Å². The van der Waals surface area contributed by atoms with E-state index >= 15 is 0 Å². The summed E-state index contributed by atoms with van der Waals surface area (Å²) in [6.45, 7) is 10.9. The Morgan fingerprint density at radius 3 is 1.96 bits per heavy atom. The molecule has 0 amide bonds. The molecule has 0 aromatic heterocycles. The summed E-state index contributed by atoms with van der Waals surface area (Å²) < 4.78 is 17.4. The Morgan fingerprint density at radius 2 is 1.46 bits per heavy atom. The monoisotopic (exact) mass is 372 g/mol. The summed E-state index contributed by atoms with van der Waals surface area (Å²) in [6.07, 6.45) is 0. The molecule has 4 nitrogen and oxygen atoms in total. The highest BCUT2D eigenvalue weighted by Crippen LogP contribution is 2.42. The third kappa shape index (κ3) is 4.10. The van der Waals surface area contributed by atoms with Crippen LogP contribution < -0.4 is 13.9 Å². The molecule has 0 saturated carbocycles. The smallest absolute Gasteiger partial charge is 0.250 e. The first kappa shape index (κ1) is 20.0. The van der Waals surface area contributed by atoms with Gasteiger partial charge in [0, 0.05) is 11.6 Å². The number of methoxy groups -OCH3 is 2. The number of carbonyl (C=O) groups excluding carboxylic acids is 1. The molecule has 0 spiro atoms. The SMILES string of the molecule is COc1cc(C(=O)c2ccccc2)c(OC)cc1O[Si](C)(C)C(C)(C)C. The first-order chi connectivity index (χ1) is 12.1. The Kier molecular flexibility index (Phi) is 5.81. The molecule has 0 saturated heterocycles. The fourth-order valence-electron chi connectivity index (χ4n) is 2.30. The van der Waals surface area contributed by atoms with Crippen molar-refractivity contribution in [2.45, 2.75) is 38.9 Å². The zero-order valence-corrected chi connectivity index (χ0v) is 17.7. The number of benzene rings is 2. The van der Waals surface area contributed by atoms with Gasteiger partial charge < -0.3 is 13.9 Å². The van der Waals surface area contributed by atoms with Crippen LogP contribution in [0.5, 0.6) is 17.2 Å².